The van der Waals surface area contributed by atoms with E-state index >= 15 is 0 Å². The highest BCUT2D eigenvalue weighted by molar-refractivity contribution is 7.09. The third-order valence-corrected chi connectivity index (χ3v) is 5.36. The number of benzene rings is 1. The zero-order chi connectivity index (χ0) is 16.4. The molecular formula is C18H22N2O2S. The van der Waals surface area contributed by atoms with Gasteiger partial charge in [-0.05, 0) is 37.8 Å². The molecule has 0 saturated carbocycles. The minimum atomic E-state index is -0.0820. The summed E-state index contributed by atoms with van der Waals surface area (Å²) < 4.78 is 0. The molecular weight excluding hydrogens is 308 g/mol. The highest BCUT2D eigenvalue weighted by Gasteiger charge is 2.31. The number of carbonyl (C=O) groups excluding carboxylic acids is 1. The number of carbonyl (C=O) groups is 1. The van der Waals surface area contributed by atoms with Gasteiger partial charge in [-0.3, -0.25) is 4.79 Å². The van der Waals surface area contributed by atoms with Crippen LogP contribution in [0.15, 0.2) is 29.6 Å². The summed E-state index contributed by atoms with van der Waals surface area (Å²) >= 11 is 1.61. The van der Waals surface area contributed by atoms with Crippen LogP contribution < -0.4 is 0 Å². The molecule has 0 radical (unpaired) electrons. The van der Waals surface area contributed by atoms with Gasteiger partial charge in [0, 0.05) is 23.1 Å². The van der Waals surface area contributed by atoms with Crippen molar-refractivity contribution in [1.82, 2.24) is 9.88 Å². The number of rotatable bonds is 3. The van der Waals surface area contributed by atoms with E-state index < -0.39 is 0 Å². The number of hydrogen-bond donors (Lipinski definition) is 1. The molecule has 2 unspecified atom stereocenters. The van der Waals surface area contributed by atoms with E-state index in [9.17, 15) is 9.90 Å². The van der Waals surface area contributed by atoms with Gasteiger partial charge in [0.1, 0.15) is 0 Å². The van der Waals surface area contributed by atoms with Crippen molar-refractivity contribution >= 4 is 17.2 Å². The Morgan fingerprint density at radius 1 is 1.48 bits per heavy atom. The summed E-state index contributed by atoms with van der Waals surface area (Å²) in [5.41, 5.74) is 2.54. The molecule has 0 aliphatic carbocycles. The summed E-state index contributed by atoms with van der Waals surface area (Å²) in [6, 6.07) is 7.55. The lowest BCUT2D eigenvalue weighted by Crippen LogP contribution is -2.49. The third-order valence-electron chi connectivity index (χ3n) is 4.59. The maximum Gasteiger partial charge on any atom is 0.254 e. The lowest BCUT2D eigenvalue weighted by Gasteiger charge is -2.39. The van der Waals surface area contributed by atoms with Crippen LogP contribution >= 0.6 is 11.3 Å². The van der Waals surface area contributed by atoms with Crippen molar-refractivity contribution in [2.24, 2.45) is 5.92 Å². The fourth-order valence-corrected chi connectivity index (χ4v) is 3.88. The molecule has 2 aromatic rings. The first kappa shape index (κ1) is 16.1. The molecule has 5 heteroatoms. The van der Waals surface area contributed by atoms with E-state index in [2.05, 4.69) is 11.9 Å². The number of aliphatic hydroxyl groups is 1. The molecule has 122 valence electrons. The van der Waals surface area contributed by atoms with Gasteiger partial charge < -0.3 is 10.0 Å². The minimum Gasteiger partial charge on any atom is -0.394 e. The molecule has 1 aliphatic heterocycles. The van der Waals surface area contributed by atoms with Crippen LogP contribution in [0.25, 0.3) is 11.3 Å². The van der Waals surface area contributed by atoms with Crippen LogP contribution in [-0.4, -0.2) is 40.1 Å². The first-order chi connectivity index (χ1) is 11.1. The van der Waals surface area contributed by atoms with Crippen LogP contribution in [0.3, 0.4) is 0 Å². The maximum absolute atomic E-state index is 12.9. The van der Waals surface area contributed by atoms with Gasteiger partial charge in [0.15, 0.2) is 0 Å². The van der Waals surface area contributed by atoms with Gasteiger partial charge in [0.25, 0.3) is 5.91 Å². The lowest BCUT2D eigenvalue weighted by molar-refractivity contribution is 0.0358. The Kier molecular flexibility index (Phi) is 4.78. The minimum absolute atomic E-state index is 0.00408. The smallest absolute Gasteiger partial charge is 0.254 e. The number of thiazole rings is 1. The molecule has 1 amide bonds. The molecule has 4 nitrogen and oxygen atoms in total. The van der Waals surface area contributed by atoms with Crippen molar-refractivity contribution in [3.63, 3.8) is 0 Å². The van der Waals surface area contributed by atoms with Crippen molar-refractivity contribution in [2.75, 3.05) is 13.2 Å². The molecule has 1 fully saturated rings. The fourth-order valence-electron chi connectivity index (χ4n) is 3.25. The normalized spacial score (nSPS) is 21.4. The third kappa shape index (κ3) is 3.31. The quantitative estimate of drug-likeness (QED) is 0.939. The second-order valence-corrected chi connectivity index (χ2v) is 7.26. The molecule has 0 bridgehead atoms. The topological polar surface area (TPSA) is 53.4 Å². The monoisotopic (exact) mass is 330 g/mol. The van der Waals surface area contributed by atoms with Crippen LogP contribution in [-0.2, 0) is 0 Å². The summed E-state index contributed by atoms with van der Waals surface area (Å²) in [6.07, 6.45) is 2.06. The van der Waals surface area contributed by atoms with E-state index in [4.69, 9.17) is 0 Å². The number of nitrogens with zero attached hydrogens (tertiary/aromatic N) is 2. The molecule has 23 heavy (non-hydrogen) atoms. The largest absolute Gasteiger partial charge is 0.394 e. The van der Waals surface area contributed by atoms with Crippen molar-refractivity contribution in [2.45, 2.75) is 32.7 Å². The van der Waals surface area contributed by atoms with Crippen molar-refractivity contribution in [1.29, 1.82) is 0 Å². The van der Waals surface area contributed by atoms with E-state index in [-0.39, 0.29) is 18.6 Å². The van der Waals surface area contributed by atoms with Gasteiger partial charge in [-0.25, -0.2) is 4.98 Å². The summed E-state index contributed by atoms with van der Waals surface area (Å²) in [4.78, 5) is 19.2. The molecule has 1 aromatic carbocycles. The zero-order valence-corrected chi connectivity index (χ0v) is 14.3. The molecule has 2 atom stereocenters. The number of aliphatic hydroxyl groups excluding tert-OH is 1. The van der Waals surface area contributed by atoms with E-state index in [1.54, 1.807) is 11.3 Å². The molecule has 1 aromatic heterocycles. The number of aryl methyl sites for hydroxylation is 1. The van der Waals surface area contributed by atoms with Crippen LogP contribution in [0.1, 0.15) is 35.1 Å². The molecule has 2 heterocycles. The van der Waals surface area contributed by atoms with E-state index in [0.717, 1.165) is 29.1 Å². The van der Waals surface area contributed by atoms with Gasteiger partial charge in [-0.2, -0.15) is 0 Å². The average Bonchev–Trinajstić information content (AvgIpc) is 3.00. The maximum atomic E-state index is 12.9. The van der Waals surface area contributed by atoms with E-state index in [1.807, 2.05) is 41.5 Å². The predicted octanol–water partition coefficient (Wildman–Crippen LogP) is 3.35. The molecule has 0 spiro atoms. The fraction of sp³-hybridized carbons (Fsp3) is 0.444. The first-order valence-corrected chi connectivity index (χ1v) is 8.92. The summed E-state index contributed by atoms with van der Waals surface area (Å²) in [5.74, 6) is 0.339. The lowest BCUT2D eigenvalue weighted by atomic mass is 9.90. The van der Waals surface area contributed by atoms with Crippen LogP contribution in [0.2, 0.25) is 0 Å². The van der Waals surface area contributed by atoms with Gasteiger partial charge in [0.05, 0.1) is 23.4 Å². The highest BCUT2D eigenvalue weighted by atomic mass is 32.1. The predicted molar refractivity (Wildman–Crippen MR) is 92.6 cm³/mol. The standard InChI is InChI=1S/C18H22N2O2S/c1-12-5-4-8-20(17(12)10-21)18(22)15-7-3-6-14(9-15)16-11-23-13(2)19-16/h3,6-7,9,11-12,17,21H,4-5,8,10H2,1-2H3. The number of piperidine rings is 1. The average molecular weight is 330 g/mol. The molecule has 1 saturated heterocycles. The molecule has 1 aliphatic rings. The summed E-state index contributed by atoms with van der Waals surface area (Å²) in [7, 11) is 0. The Labute approximate surface area is 140 Å². The number of amides is 1. The van der Waals surface area contributed by atoms with Crippen molar-refractivity contribution in [3.05, 3.63) is 40.2 Å². The second-order valence-electron chi connectivity index (χ2n) is 6.20. The highest BCUT2D eigenvalue weighted by Crippen LogP contribution is 2.27. The second kappa shape index (κ2) is 6.81. The Bertz CT molecular complexity index is 698. The summed E-state index contributed by atoms with van der Waals surface area (Å²) in [6.45, 7) is 4.82. The van der Waals surface area contributed by atoms with Crippen LogP contribution in [0.4, 0.5) is 0 Å². The Hall–Kier alpha value is -1.72. The van der Waals surface area contributed by atoms with Crippen LogP contribution in [0, 0.1) is 12.8 Å². The van der Waals surface area contributed by atoms with Crippen molar-refractivity contribution in [3.8, 4) is 11.3 Å². The Balaban J connectivity index is 1.87. The molecule has 3 rings (SSSR count). The van der Waals surface area contributed by atoms with Gasteiger partial charge in [-0.15, -0.1) is 11.3 Å². The van der Waals surface area contributed by atoms with Gasteiger partial charge in [0.2, 0.25) is 0 Å². The Morgan fingerprint density at radius 2 is 2.30 bits per heavy atom. The molecule has 1 N–H and O–H groups in total. The zero-order valence-electron chi connectivity index (χ0n) is 13.5. The van der Waals surface area contributed by atoms with Gasteiger partial charge in [-0.1, -0.05) is 19.1 Å². The van der Waals surface area contributed by atoms with Gasteiger partial charge >= 0.3 is 0 Å². The first-order valence-electron chi connectivity index (χ1n) is 8.04. The summed E-state index contributed by atoms with van der Waals surface area (Å²) in [5, 5.41) is 12.7. The van der Waals surface area contributed by atoms with E-state index in [0.29, 0.717) is 18.0 Å². The van der Waals surface area contributed by atoms with E-state index in [1.165, 1.54) is 0 Å². The van der Waals surface area contributed by atoms with Crippen molar-refractivity contribution < 1.29 is 9.90 Å². The SMILES string of the molecule is Cc1nc(-c2cccc(C(=O)N3CCCC(C)C3CO)c2)cs1. The Morgan fingerprint density at radius 3 is 3.00 bits per heavy atom. The van der Waals surface area contributed by atoms with Crippen LogP contribution in [0.5, 0.6) is 0 Å². The number of aromatic nitrogens is 1. The number of hydrogen-bond acceptors (Lipinski definition) is 4. The number of likely N-dealkylation sites (tertiary alicyclic amines) is 1.